The lowest BCUT2D eigenvalue weighted by atomic mass is 10.0. The minimum Gasteiger partial charge on any atom is -0.480 e. The van der Waals surface area contributed by atoms with E-state index in [4.69, 9.17) is 5.11 Å². The molecule has 74 valence electrons. The first-order valence-corrected chi connectivity index (χ1v) is 5.08. The Bertz CT molecular complexity index is 374. The normalized spacial score (nSPS) is 20.3. The fourth-order valence-electron chi connectivity index (χ4n) is 1.47. The molecule has 0 amide bonds. The van der Waals surface area contributed by atoms with Gasteiger partial charge < -0.3 is 10.0 Å². The van der Waals surface area contributed by atoms with E-state index in [-0.39, 0.29) is 0 Å². The van der Waals surface area contributed by atoms with Crippen molar-refractivity contribution in [2.45, 2.75) is 12.5 Å². The topological polar surface area (TPSA) is 57.6 Å². The summed E-state index contributed by atoms with van der Waals surface area (Å²) < 4.78 is 0. The van der Waals surface area contributed by atoms with Crippen LogP contribution in [-0.2, 0) is 4.79 Å². The number of thiophene rings is 1. The van der Waals surface area contributed by atoms with Crippen molar-refractivity contribution in [3.8, 4) is 0 Å². The maximum absolute atomic E-state index is 10.7. The summed E-state index contributed by atoms with van der Waals surface area (Å²) >= 11 is 1.33. The molecule has 0 aromatic carbocycles. The molecule has 0 spiro atoms. The van der Waals surface area contributed by atoms with Crippen LogP contribution >= 0.6 is 11.3 Å². The molecule has 14 heavy (non-hydrogen) atoms. The molecular formula is C9H9NO3S. The number of carboxylic acids is 1. The molecule has 2 rings (SSSR count). The molecule has 1 atom stereocenters. The van der Waals surface area contributed by atoms with Crippen LogP contribution < -0.4 is 4.90 Å². The van der Waals surface area contributed by atoms with Gasteiger partial charge in [-0.3, -0.25) is 4.79 Å². The number of rotatable bonds is 3. The zero-order valence-corrected chi connectivity index (χ0v) is 8.16. The van der Waals surface area contributed by atoms with Gasteiger partial charge in [0.25, 0.3) is 0 Å². The van der Waals surface area contributed by atoms with Crippen molar-refractivity contribution in [1.29, 1.82) is 0 Å². The van der Waals surface area contributed by atoms with Crippen molar-refractivity contribution in [1.82, 2.24) is 0 Å². The Balaban J connectivity index is 2.15. The second kappa shape index (κ2) is 3.42. The van der Waals surface area contributed by atoms with Gasteiger partial charge in [-0.25, -0.2) is 4.79 Å². The van der Waals surface area contributed by atoms with Gasteiger partial charge >= 0.3 is 5.97 Å². The van der Waals surface area contributed by atoms with E-state index in [0.29, 0.717) is 11.3 Å². The number of carbonyl (C=O) groups is 2. The maximum atomic E-state index is 10.7. The minimum atomic E-state index is -0.794. The lowest BCUT2D eigenvalue weighted by Gasteiger charge is -2.38. The zero-order valence-electron chi connectivity index (χ0n) is 7.34. The van der Waals surface area contributed by atoms with Crippen LogP contribution in [0.15, 0.2) is 12.1 Å². The van der Waals surface area contributed by atoms with Crippen molar-refractivity contribution in [3.63, 3.8) is 0 Å². The number of carboxylic acid groups (broad SMARTS) is 1. The second-order valence-corrected chi connectivity index (χ2v) is 4.22. The third-order valence-electron chi connectivity index (χ3n) is 2.32. The first-order valence-electron chi connectivity index (χ1n) is 4.27. The molecule has 4 nitrogen and oxygen atoms in total. The summed E-state index contributed by atoms with van der Waals surface area (Å²) in [5.41, 5.74) is 0. The summed E-state index contributed by atoms with van der Waals surface area (Å²) in [4.78, 5) is 23.6. The van der Waals surface area contributed by atoms with Crippen LogP contribution in [0.4, 0.5) is 5.00 Å². The Morgan fingerprint density at radius 3 is 2.86 bits per heavy atom. The molecule has 1 unspecified atom stereocenters. The van der Waals surface area contributed by atoms with Crippen LogP contribution in [0.1, 0.15) is 16.1 Å². The SMILES string of the molecule is O=Cc1ccc(N2CCC2C(=O)O)s1. The third-order valence-corrected chi connectivity index (χ3v) is 3.36. The molecule has 5 heteroatoms. The number of carbonyl (C=O) groups excluding carboxylic acids is 1. The number of aldehydes is 1. The van der Waals surface area contributed by atoms with Crippen molar-refractivity contribution in [2.24, 2.45) is 0 Å². The van der Waals surface area contributed by atoms with Crippen LogP contribution in [0.2, 0.25) is 0 Å². The Hall–Kier alpha value is -1.36. The van der Waals surface area contributed by atoms with Crippen LogP contribution in [0, 0.1) is 0 Å². The highest BCUT2D eigenvalue weighted by atomic mass is 32.1. The van der Waals surface area contributed by atoms with E-state index in [1.807, 2.05) is 0 Å². The number of aliphatic carboxylic acids is 1. The van der Waals surface area contributed by atoms with Crippen LogP contribution in [0.25, 0.3) is 0 Å². The largest absolute Gasteiger partial charge is 0.480 e. The Morgan fingerprint density at radius 2 is 2.43 bits per heavy atom. The predicted molar refractivity (Wildman–Crippen MR) is 53.1 cm³/mol. The van der Waals surface area contributed by atoms with E-state index in [9.17, 15) is 9.59 Å². The fourth-order valence-corrected chi connectivity index (χ4v) is 2.37. The molecule has 1 N–H and O–H groups in total. The van der Waals surface area contributed by atoms with E-state index >= 15 is 0 Å². The molecule has 2 heterocycles. The second-order valence-electron chi connectivity index (χ2n) is 3.13. The summed E-state index contributed by atoms with van der Waals surface area (Å²) in [6, 6.07) is 3.10. The number of anilines is 1. The van der Waals surface area contributed by atoms with Gasteiger partial charge in [-0.05, 0) is 18.6 Å². The average molecular weight is 211 g/mol. The van der Waals surface area contributed by atoms with Crippen LogP contribution in [-0.4, -0.2) is 29.9 Å². The highest BCUT2D eigenvalue weighted by Gasteiger charge is 2.34. The zero-order chi connectivity index (χ0) is 10.1. The van der Waals surface area contributed by atoms with Gasteiger partial charge in [-0.1, -0.05) is 0 Å². The van der Waals surface area contributed by atoms with E-state index in [1.165, 1.54) is 11.3 Å². The van der Waals surface area contributed by atoms with Gasteiger partial charge in [0.2, 0.25) is 0 Å². The quantitative estimate of drug-likeness (QED) is 0.764. The Morgan fingerprint density at radius 1 is 1.64 bits per heavy atom. The molecule has 1 aromatic rings. The molecule has 0 radical (unpaired) electrons. The molecule has 0 bridgehead atoms. The number of nitrogens with zero attached hydrogens (tertiary/aromatic N) is 1. The summed E-state index contributed by atoms with van der Waals surface area (Å²) in [5, 5.41) is 9.69. The summed E-state index contributed by atoms with van der Waals surface area (Å²) in [6.07, 6.45) is 1.47. The van der Waals surface area contributed by atoms with Gasteiger partial charge in [0.15, 0.2) is 6.29 Å². The van der Waals surface area contributed by atoms with Gasteiger partial charge in [0.1, 0.15) is 6.04 Å². The van der Waals surface area contributed by atoms with E-state index in [1.54, 1.807) is 17.0 Å². The van der Waals surface area contributed by atoms with Gasteiger partial charge in [-0.2, -0.15) is 0 Å². The van der Waals surface area contributed by atoms with E-state index in [0.717, 1.165) is 17.8 Å². The fraction of sp³-hybridized carbons (Fsp3) is 0.333. The highest BCUT2D eigenvalue weighted by Crippen LogP contribution is 2.32. The van der Waals surface area contributed by atoms with Gasteiger partial charge in [0.05, 0.1) is 9.88 Å². The molecule has 1 aliphatic heterocycles. The number of hydrogen-bond acceptors (Lipinski definition) is 4. The van der Waals surface area contributed by atoms with E-state index in [2.05, 4.69) is 0 Å². The Kier molecular flexibility index (Phi) is 2.25. The van der Waals surface area contributed by atoms with Crippen LogP contribution in [0.5, 0.6) is 0 Å². The Labute approximate surface area is 84.8 Å². The average Bonchev–Trinajstić information content (AvgIpc) is 2.49. The maximum Gasteiger partial charge on any atom is 0.326 e. The third kappa shape index (κ3) is 1.39. The van der Waals surface area contributed by atoms with Crippen molar-refractivity contribution in [3.05, 3.63) is 17.0 Å². The summed E-state index contributed by atoms with van der Waals surface area (Å²) in [6.45, 7) is 0.760. The molecule has 1 aromatic heterocycles. The standard InChI is InChI=1S/C9H9NO3S/c11-5-6-1-2-8(14-6)10-4-3-7(10)9(12)13/h1-2,5,7H,3-4H2,(H,12,13). The van der Waals surface area contributed by atoms with Gasteiger partial charge in [0, 0.05) is 6.54 Å². The molecule has 0 aliphatic carbocycles. The lowest BCUT2D eigenvalue weighted by Crippen LogP contribution is -2.52. The van der Waals surface area contributed by atoms with Gasteiger partial charge in [-0.15, -0.1) is 11.3 Å². The smallest absolute Gasteiger partial charge is 0.326 e. The molecule has 1 aliphatic rings. The first kappa shape index (κ1) is 9.21. The first-order chi connectivity index (χ1) is 6.72. The predicted octanol–water partition coefficient (Wildman–Crippen LogP) is 1.22. The van der Waals surface area contributed by atoms with Crippen molar-refractivity contribution >= 4 is 28.6 Å². The molecule has 0 saturated carbocycles. The lowest BCUT2D eigenvalue weighted by molar-refractivity contribution is -0.139. The van der Waals surface area contributed by atoms with Crippen molar-refractivity contribution in [2.75, 3.05) is 11.4 Å². The number of hydrogen-bond donors (Lipinski definition) is 1. The molecule has 1 fully saturated rings. The van der Waals surface area contributed by atoms with Crippen molar-refractivity contribution < 1.29 is 14.7 Å². The minimum absolute atomic E-state index is 0.409. The highest BCUT2D eigenvalue weighted by molar-refractivity contribution is 7.17. The van der Waals surface area contributed by atoms with E-state index < -0.39 is 12.0 Å². The summed E-state index contributed by atoms with van der Waals surface area (Å²) in [7, 11) is 0. The molecular weight excluding hydrogens is 202 g/mol. The van der Waals surface area contributed by atoms with Crippen LogP contribution in [0.3, 0.4) is 0 Å². The summed E-state index contributed by atoms with van der Waals surface area (Å²) in [5.74, 6) is -0.794. The monoisotopic (exact) mass is 211 g/mol. The molecule has 1 saturated heterocycles.